The fraction of sp³-hybridized carbons (Fsp3) is 0.538. The van der Waals surface area contributed by atoms with Gasteiger partial charge in [0.15, 0.2) is 0 Å². The van der Waals surface area contributed by atoms with Crippen molar-refractivity contribution in [3.05, 3.63) is 29.8 Å². The lowest BCUT2D eigenvalue weighted by atomic mass is 10.1. The molecule has 1 aromatic rings. The van der Waals surface area contributed by atoms with Gasteiger partial charge in [0.2, 0.25) is 0 Å². The third-order valence-electron chi connectivity index (χ3n) is 2.96. The monoisotopic (exact) mass is 223 g/mol. The van der Waals surface area contributed by atoms with Crippen LogP contribution in [0.1, 0.15) is 19.4 Å². The average molecular weight is 223 g/mol. The van der Waals surface area contributed by atoms with Crippen LogP contribution in [0.5, 0.6) is 5.75 Å². The molecule has 0 aliphatic heterocycles. The van der Waals surface area contributed by atoms with Gasteiger partial charge in [0.25, 0.3) is 0 Å². The molecule has 0 saturated carbocycles. The Hall–Kier alpha value is -1.06. The normalized spacial score (nSPS) is 14.9. The lowest BCUT2D eigenvalue weighted by Crippen LogP contribution is -2.36. The zero-order valence-corrected chi connectivity index (χ0v) is 10.5. The number of benzene rings is 1. The summed E-state index contributed by atoms with van der Waals surface area (Å²) < 4.78 is 5.18. The van der Waals surface area contributed by atoms with Gasteiger partial charge in [-0.05, 0) is 38.6 Å². The van der Waals surface area contributed by atoms with Crippen molar-refractivity contribution in [3.8, 4) is 5.75 Å². The van der Waals surface area contributed by atoms with E-state index < -0.39 is 0 Å². The largest absolute Gasteiger partial charge is 0.497 e. The molecule has 1 N–H and O–H groups in total. The van der Waals surface area contributed by atoms with Gasteiger partial charge in [-0.15, -0.1) is 0 Å². The summed E-state index contributed by atoms with van der Waals surface area (Å²) in [4.78, 5) is 2.12. The molecule has 2 atom stereocenters. The minimum absolute atomic E-state index is 0.145. The van der Waals surface area contributed by atoms with Crippen LogP contribution < -0.4 is 4.74 Å². The van der Waals surface area contributed by atoms with Gasteiger partial charge in [0.1, 0.15) is 5.75 Å². The van der Waals surface area contributed by atoms with Crippen molar-refractivity contribution in [1.29, 1.82) is 0 Å². The maximum atomic E-state index is 9.50. The predicted molar refractivity (Wildman–Crippen MR) is 65.6 cm³/mol. The van der Waals surface area contributed by atoms with Gasteiger partial charge in [-0.3, -0.25) is 4.90 Å². The molecule has 1 rings (SSSR count). The van der Waals surface area contributed by atoms with Crippen molar-refractivity contribution in [2.45, 2.75) is 32.5 Å². The third-order valence-corrected chi connectivity index (χ3v) is 2.96. The molecular weight excluding hydrogens is 202 g/mol. The Kier molecular flexibility index (Phi) is 4.77. The standard InChI is InChI=1S/C13H21NO2/c1-10(11(2)15)14(3)9-12-6-5-7-13(8-12)16-4/h5-8,10-11,15H,9H2,1-4H3. The van der Waals surface area contributed by atoms with E-state index in [-0.39, 0.29) is 12.1 Å². The van der Waals surface area contributed by atoms with Crippen molar-refractivity contribution in [2.24, 2.45) is 0 Å². The summed E-state index contributed by atoms with van der Waals surface area (Å²) in [6.07, 6.45) is -0.324. The first-order valence-electron chi connectivity index (χ1n) is 5.56. The van der Waals surface area contributed by atoms with E-state index in [1.165, 1.54) is 5.56 Å². The van der Waals surface area contributed by atoms with E-state index in [9.17, 15) is 5.11 Å². The smallest absolute Gasteiger partial charge is 0.119 e. The molecule has 0 spiro atoms. The van der Waals surface area contributed by atoms with E-state index in [0.717, 1.165) is 12.3 Å². The van der Waals surface area contributed by atoms with Gasteiger partial charge < -0.3 is 9.84 Å². The van der Waals surface area contributed by atoms with Crippen molar-refractivity contribution in [2.75, 3.05) is 14.2 Å². The molecule has 0 aliphatic carbocycles. The molecule has 0 aromatic heterocycles. The molecule has 0 heterocycles. The molecule has 2 unspecified atom stereocenters. The fourth-order valence-electron chi connectivity index (χ4n) is 1.57. The van der Waals surface area contributed by atoms with Crippen LogP contribution in [0.4, 0.5) is 0 Å². The third kappa shape index (κ3) is 3.51. The summed E-state index contributed by atoms with van der Waals surface area (Å²) in [5.41, 5.74) is 1.19. The molecule has 3 nitrogen and oxygen atoms in total. The molecule has 1 aromatic carbocycles. The van der Waals surface area contributed by atoms with Crippen molar-refractivity contribution in [1.82, 2.24) is 4.90 Å². The van der Waals surface area contributed by atoms with Crippen molar-refractivity contribution < 1.29 is 9.84 Å². The zero-order valence-electron chi connectivity index (χ0n) is 10.5. The Labute approximate surface area is 97.7 Å². The quantitative estimate of drug-likeness (QED) is 0.827. The number of hydrogen-bond donors (Lipinski definition) is 1. The van der Waals surface area contributed by atoms with Crippen LogP contribution >= 0.6 is 0 Å². The van der Waals surface area contributed by atoms with Gasteiger partial charge >= 0.3 is 0 Å². The highest BCUT2D eigenvalue weighted by Crippen LogP contribution is 2.15. The molecular formula is C13H21NO2. The predicted octanol–water partition coefficient (Wildman–Crippen LogP) is 1.90. The summed E-state index contributed by atoms with van der Waals surface area (Å²) in [6.45, 7) is 4.64. The van der Waals surface area contributed by atoms with Crippen LogP contribution in [-0.4, -0.2) is 36.3 Å². The van der Waals surface area contributed by atoms with Crippen molar-refractivity contribution >= 4 is 0 Å². The second kappa shape index (κ2) is 5.87. The molecule has 0 aliphatic rings. The summed E-state index contributed by atoms with van der Waals surface area (Å²) in [7, 11) is 3.68. The van der Waals surface area contributed by atoms with E-state index in [0.29, 0.717) is 0 Å². The highest BCUT2D eigenvalue weighted by atomic mass is 16.5. The minimum Gasteiger partial charge on any atom is -0.497 e. The Balaban J connectivity index is 2.65. The first kappa shape index (κ1) is 13.0. The number of nitrogens with zero attached hydrogens (tertiary/aromatic N) is 1. The Morgan fingerprint density at radius 1 is 1.38 bits per heavy atom. The number of likely N-dealkylation sites (N-methyl/N-ethyl adjacent to an activating group) is 1. The molecule has 3 heteroatoms. The van der Waals surface area contributed by atoms with Crippen molar-refractivity contribution in [3.63, 3.8) is 0 Å². The molecule has 90 valence electrons. The summed E-state index contributed by atoms with van der Waals surface area (Å²) in [5.74, 6) is 0.871. The van der Waals surface area contributed by atoms with Gasteiger partial charge in [-0.25, -0.2) is 0 Å². The van der Waals surface area contributed by atoms with Gasteiger partial charge in [-0.1, -0.05) is 12.1 Å². The molecule has 0 fully saturated rings. The second-order valence-electron chi connectivity index (χ2n) is 4.25. The fourth-order valence-corrected chi connectivity index (χ4v) is 1.57. The molecule has 0 saturated heterocycles. The molecule has 0 bridgehead atoms. The van der Waals surface area contributed by atoms with E-state index >= 15 is 0 Å². The minimum atomic E-state index is -0.324. The average Bonchev–Trinajstić information content (AvgIpc) is 2.28. The van der Waals surface area contributed by atoms with Crippen LogP contribution in [0, 0.1) is 0 Å². The molecule has 16 heavy (non-hydrogen) atoms. The molecule has 0 radical (unpaired) electrons. The van der Waals surface area contributed by atoms with Gasteiger partial charge in [0.05, 0.1) is 13.2 Å². The first-order valence-corrected chi connectivity index (χ1v) is 5.56. The van der Waals surface area contributed by atoms with E-state index in [4.69, 9.17) is 4.74 Å². The lowest BCUT2D eigenvalue weighted by Gasteiger charge is -2.27. The number of methoxy groups -OCH3 is 1. The van der Waals surface area contributed by atoms with Crippen LogP contribution in [-0.2, 0) is 6.54 Å². The maximum Gasteiger partial charge on any atom is 0.119 e. The maximum absolute atomic E-state index is 9.50. The first-order chi connectivity index (χ1) is 7.54. The SMILES string of the molecule is COc1cccc(CN(C)C(C)C(C)O)c1. The highest BCUT2D eigenvalue weighted by molar-refractivity contribution is 5.28. The van der Waals surface area contributed by atoms with Crippen LogP contribution in [0.3, 0.4) is 0 Å². The lowest BCUT2D eigenvalue weighted by molar-refractivity contribution is 0.0827. The Morgan fingerprint density at radius 2 is 2.06 bits per heavy atom. The van der Waals surface area contributed by atoms with Crippen LogP contribution in [0.25, 0.3) is 0 Å². The number of hydrogen-bond acceptors (Lipinski definition) is 3. The number of aliphatic hydroxyl groups is 1. The van der Waals surface area contributed by atoms with E-state index in [2.05, 4.69) is 11.0 Å². The Bertz CT molecular complexity index is 325. The Morgan fingerprint density at radius 3 is 2.62 bits per heavy atom. The number of rotatable bonds is 5. The number of ether oxygens (including phenoxy) is 1. The number of aliphatic hydroxyl groups excluding tert-OH is 1. The summed E-state index contributed by atoms with van der Waals surface area (Å²) in [6, 6.07) is 8.14. The van der Waals surface area contributed by atoms with Crippen LogP contribution in [0.15, 0.2) is 24.3 Å². The van der Waals surface area contributed by atoms with Crippen LogP contribution in [0.2, 0.25) is 0 Å². The summed E-state index contributed by atoms with van der Waals surface area (Å²) >= 11 is 0. The topological polar surface area (TPSA) is 32.7 Å². The second-order valence-corrected chi connectivity index (χ2v) is 4.25. The summed E-state index contributed by atoms with van der Waals surface area (Å²) in [5, 5.41) is 9.50. The van der Waals surface area contributed by atoms with E-state index in [1.54, 1.807) is 7.11 Å². The van der Waals surface area contributed by atoms with E-state index in [1.807, 2.05) is 39.1 Å². The zero-order chi connectivity index (χ0) is 12.1. The van der Waals surface area contributed by atoms with Gasteiger partial charge in [0, 0.05) is 12.6 Å². The van der Waals surface area contributed by atoms with Gasteiger partial charge in [-0.2, -0.15) is 0 Å². The molecule has 0 amide bonds. The highest BCUT2D eigenvalue weighted by Gasteiger charge is 2.14.